The zero-order chi connectivity index (χ0) is 14.3. The average Bonchev–Trinajstić information content (AvgIpc) is 2.39. The zero-order valence-electron chi connectivity index (χ0n) is 10.2. The van der Waals surface area contributed by atoms with Crippen LogP contribution in [-0.2, 0) is 0 Å². The van der Waals surface area contributed by atoms with E-state index in [4.69, 9.17) is 27.9 Å². The quantitative estimate of drug-likeness (QED) is 0.665. The molecule has 0 radical (unpaired) electrons. The van der Waals surface area contributed by atoms with Crippen LogP contribution in [0.4, 0.5) is 0 Å². The van der Waals surface area contributed by atoms with Gasteiger partial charge in [0.15, 0.2) is 5.78 Å². The van der Waals surface area contributed by atoms with E-state index in [1.54, 1.807) is 30.3 Å². The predicted octanol–water partition coefficient (Wildman–Crippen LogP) is 5.46. The van der Waals surface area contributed by atoms with E-state index >= 15 is 0 Å². The summed E-state index contributed by atoms with van der Waals surface area (Å²) in [5.41, 5.74) is 1.37. The lowest BCUT2D eigenvalue weighted by Crippen LogP contribution is -2.20. The summed E-state index contributed by atoms with van der Waals surface area (Å²) in [6, 6.07) is 10.6. The van der Waals surface area contributed by atoms with Crippen LogP contribution in [0.25, 0.3) is 0 Å². The molecule has 0 amide bonds. The Labute approximate surface area is 134 Å². The number of fused-ring (bicyclic) bond motifs is 1. The van der Waals surface area contributed by atoms with Crippen molar-refractivity contribution in [3.05, 3.63) is 62.0 Å². The first-order valence-corrected chi connectivity index (χ1v) is 7.54. The molecule has 0 fully saturated rings. The molecular weight excluding hydrogens is 363 g/mol. The average molecular weight is 372 g/mol. The van der Waals surface area contributed by atoms with Crippen LogP contribution in [0.5, 0.6) is 5.75 Å². The lowest BCUT2D eigenvalue weighted by atomic mass is 9.96. The molecule has 0 aromatic heterocycles. The van der Waals surface area contributed by atoms with Crippen molar-refractivity contribution in [2.75, 3.05) is 0 Å². The van der Waals surface area contributed by atoms with Crippen LogP contribution in [-0.4, -0.2) is 5.78 Å². The number of halogens is 3. The Morgan fingerprint density at radius 1 is 1.15 bits per heavy atom. The topological polar surface area (TPSA) is 26.3 Å². The minimum absolute atomic E-state index is 0.0450. The van der Waals surface area contributed by atoms with Gasteiger partial charge < -0.3 is 4.74 Å². The summed E-state index contributed by atoms with van der Waals surface area (Å²) in [4.78, 5) is 12.2. The van der Waals surface area contributed by atoms with Crippen molar-refractivity contribution in [1.29, 1.82) is 0 Å². The molecule has 0 aliphatic carbocycles. The summed E-state index contributed by atoms with van der Waals surface area (Å²) in [5, 5.41) is 1.07. The molecule has 102 valence electrons. The van der Waals surface area contributed by atoms with Crippen molar-refractivity contribution in [2.24, 2.45) is 0 Å². The van der Waals surface area contributed by atoms with E-state index < -0.39 is 0 Å². The molecule has 2 nitrogen and oxygen atoms in total. The van der Waals surface area contributed by atoms with Crippen LogP contribution >= 0.6 is 39.1 Å². The fraction of sp³-hybridized carbons (Fsp3) is 0.133. The van der Waals surface area contributed by atoms with Gasteiger partial charge in [-0.2, -0.15) is 0 Å². The molecule has 20 heavy (non-hydrogen) atoms. The van der Waals surface area contributed by atoms with E-state index in [0.29, 0.717) is 21.4 Å². The Hall–Kier alpha value is -1.03. The molecule has 1 atom stereocenters. The van der Waals surface area contributed by atoms with E-state index in [-0.39, 0.29) is 18.3 Å². The minimum atomic E-state index is -0.374. The first-order valence-electron chi connectivity index (χ1n) is 5.99. The van der Waals surface area contributed by atoms with E-state index in [1.807, 2.05) is 6.07 Å². The molecule has 0 saturated carbocycles. The lowest BCUT2D eigenvalue weighted by Gasteiger charge is -2.26. The first kappa shape index (κ1) is 13.9. The lowest BCUT2D eigenvalue weighted by molar-refractivity contribution is 0.0850. The highest BCUT2D eigenvalue weighted by Crippen LogP contribution is 2.38. The predicted molar refractivity (Wildman–Crippen MR) is 82.9 cm³/mol. The van der Waals surface area contributed by atoms with Crippen LogP contribution in [0.1, 0.15) is 28.4 Å². The number of hydrogen-bond donors (Lipinski definition) is 0. The van der Waals surface area contributed by atoms with Crippen molar-refractivity contribution in [3.8, 4) is 5.75 Å². The minimum Gasteiger partial charge on any atom is -0.484 e. The van der Waals surface area contributed by atoms with Gasteiger partial charge in [-0.25, -0.2) is 0 Å². The van der Waals surface area contributed by atoms with Gasteiger partial charge in [0.2, 0.25) is 0 Å². The highest BCUT2D eigenvalue weighted by molar-refractivity contribution is 9.10. The van der Waals surface area contributed by atoms with Crippen LogP contribution in [0.15, 0.2) is 40.9 Å². The smallest absolute Gasteiger partial charge is 0.170 e. The molecule has 0 bridgehead atoms. The SMILES string of the molecule is O=C1CC(c2ccc(Cl)cc2Cl)Oc2ccc(Br)cc21. The molecule has 1 unspecified atom stereocenters. The molecule has 1 aliphatic rings. The Kier molecular flexibility index (Phi) is 3.76. The van der Waals surface area contributed by atoms with Gasteiger partial charge in [0.1, 0.15) is 11.9 Å². The molecule has 0 spiro atoms. The Morgan fingerprint density at radius 3 is 2.70 bits per heavy atom. The first-order chi connectivity index (χ1) is 9.54. The highest BCUT2D eigenvalue weighted by Gasteiger charge is 2.29. The van der Waals surface area contributed by atoms with E-state index in [1.165, 1.54) is 0 Å². The number of ether oxygens (including phenoxy) is 1. The summed E-state index contributed by atoms with van der Waals surface area (Å²) < 4.78 is 6.75. The molecule has 0 saturated heterocycles. The number of carbonyl (C=O) groups excluding carboxylic acids is 1. The standard InChI is InChI=1S/C15H9BrCl2O2/c16-8-1-4-14-11(5-8)13(19)7-15(20-14)10-3-2-9(17)6-12(10)18/h1-6,15H,7H2. The van der Waals surface area contributed by atoms with Gasteiger partial charge in [-0.1, -0.05) is 45.2 Å². The molecule has 3 rings (SSSR count). The van der Waals surface area contributed by atoms with Crippen molar-refractivity contribution in [3.63, 3.8) is 0 Å². The third kappa shape index (κ3) is 2.58. The second kappa shape index (κ2) is 5.40. The number of rotatable bonds is 1. The Morgan fingerprint density at radius 2 is 1.95 bits per heavy atom. The maximum absolute atomic E-state index is 12.2. The van der Waals surface area contributed by atoms with Gasteiger partial charge in [-0.05, 0) is 30.3 Å². The molecule has 2 aromatic rings. The van der Waals surface area contributed by atoms with Crippen molar-refractivity contribution in [2.45, 2.75) is 12.5 Å². The second-order valence-electron chi connectivity index (χ2n) is 4.54. The fourth-order valence-corrected chi connectivity index (χ4v) is 3.12. The van der Waals surface area contributed by atoms with Gasteiger partial charge >= 0.3 is 0 Å². The maximum Gasteiger partial charge on any atom is 0.170 e. The van der Waals surface area contributed by atoms with Crippen molar-refractivity contribution < 1.29 is 9.53 Å². The number of ketones is 1. The third-order valence-electron chi connectivity index (χ3n) is 3.19. The largest absolute Gasteiger partial charge is 0.484 e. The summed E-state index contributed by atoms with van der Waals surface area (Å²) in [6.45, 7) is 0. The number of carbonyl (C=O) groups is 1. The van der Waals surface area contributed by atoms with Crippen molar-refractivity contribution in [1.82, 2.24) is 0 Å². The molecule has 0 N–H and O–H groups in total. The van der Waals surface area contributed by atoms with Gasteiger partial charge in [0, 0.05) is 20.1 Å². The third-order valence-corrected chi connectivity index (χ3v) is 4.25. The summed E-state index contributed by atoms with van der Waals surface area (Å²) in [5.74, 6) is 0.629. The Bertz CT molecular complexity index is 700. The molecule has 1 aliphatic heterocycles. The zero-order valence-corrected chi connectivity index (χ0v) is 13.3. The van der Waals surface area contributed by atoms with Gasteiger partial charge in [0.05, 0.1) is 12.0 Å². The maximum atomic E-state index is 12.2. The van der Waals surface area contributed by atoms with Crippen LogP contribution in [0.3, 0.4) is 0 Å². The van der Waals surface area contributed by atoms with Crippen LogP contribution in [0.2, 0.25) is 10.0 Å². The van der Waals surface area contributed by atoms with Gasteiger partial charge in [0.25, 0.3) is 0 Å². The Balaban J connectivity index is 1.99. The van der Waals surface area contributed by atoms with E-state index in [9.17, 15) is 4.79 Å². The second-order valence-corrected chi connectivity index (χ2v) is 6.30. The van der Waals surface area contributed by atoms with E-state index in [2.05, 4.69) is 15.9 Å². The normalized spacial score (nSPS) is 17.6. The number of Topliss-reactive ketones (excluding diaryl/α,β-unsaturated/α-hetero) is 1. The fourth-order valence-electron chi connectivity index (χ4n) is 2.23. The summed E-state index contributed by atoms with van der Waals surface area (Å²) in [6.07, 6.45) is -0.105. The van der Waals surface area contributed by atoms with Gasteiger partial charge in [-0.15, -0.1) is 0 Å². The molecule has 5 heteroatoms. The van der Waals surface area contributed by atoms with Gasteiger partial charge in [-0.3, -0.25) is 4.79 Å². The van der Waals surface area contributed by atoms with Crippen LogP contribution in [0, 0.1) is 0 Å². The van der Waals surface area contributed by atoms with Crippen LogP contribution < -0.4 is 4.74 Å². The summed E-state index contributed by atoms with van der Waals surface area (Å²) >= 11 is 15.4. The number of hydrogen-bond acceptors (Lipinski definition) is 2. The van der Waals surface area contributed by atoms with E-state index in [0.717, 1.165) is 10.0 Å². The summed E-state index contributed by atoms with van der Waals surface area (Å²) in [7, 11) is 0. The number of benzene rings is 2. The molecule has 1 heterocycles. The molecule has 2 aromatic carbocycles. The van der Waals surface area contributed by atoms with Crippen molar-refractivity contribution >= 4 is 44.9 Å². The monoisotopic (exact) mass is 370 g/mol. The highest BCUT2D eigenvalue weighted by atomic mass is 79.9. The molecular formula is C15H9BrCl2O2.